The predicted molar refractivity (Wildman–Crippen MR) is 175 cm³/mol. The van der Waals surface area contributed by atoms with Gasteiger partial charge in [0.25, 0.3) is 0 Å². The fourth-order valence-electron chi connectivity index (χ4n) is 5.27. The molecule has 0 aromatic heterocycles. The molecule has 1 rings (SSSR count). The monoisotopic (exact) mass is 654 g/mol. The van der Waals surface area contributed by atoms with Gasteiger partial charge in [0, 0.05) is 12.8 Å². The summed E-state index contributed by atoms with van der Waals surface area (Å²) in [5.74, 6) is -2.33. The smallest absolute Gasteiger partial charge is 0.314 e. The Morgan fingerprint density at radius 3 is 1.74 bits per heavy atom. The molecule has 0 saturated carbocycles. The van der Waals surface area contributed by atoms with Crippen LogP contribution in [0.15, 0.2) is 60.3 Å². The van der Waals surface area contributed by atoms with Crippen molar-refractivity contribution in [3.05, 3.63) is 60.3 Å². The van der Waals surface area contributed by atoms with E-state index in [2.05, 4.69) is 0 Å². The molecule has 0 unspecified atom stereocenters. The third kappa shape index (κ3) is 17.7. The molecule has 0 amide bonds. The number of esters is 1. The number of hydrogen-bond donors (Lipinski definition) is 9. The highest BCUT2D eigenvalue weighted by molar-refractivity contribution is 5.74. The molecule has 11 heteroatoms. The van der Waals surface area contributed by atoms with Crippen LogP contribution in [0.1, 0.15) is 85.0 Å². The number of carbonyl (C=O) groups is 1. The number of carbonyl (C=O) groups excluding carboxylic acids is 1. The average molecular weight is 655 g/mol. The minimum atomic E-state index is -1.52. The molecule has 1 aliphatic rings. The molecule has 0 radical (unpaired) electrons. The van der Waals surface area contributed by atoms with Gasteiger partial charge in [-0.2, -0.15) is 0 Å². The lowest BCUT2D eigenvalue weighted by Crippen LogP contribution is -2.43. The minimum absolute atomic E-state index is 0.0162. The van der Waals surface area contributed by atoms with Gasteiger partial charge in [0.2, 0.25) is 0 Å². The molecule has 264 valence electrons. The van der Waals surface area contributed by atoms with Crippen LogP contribution in [0.25, 0.3) is 0 Å². The van der Waals surface area contributed by atoms with Gasteiger partial charge in [0.1, 0.15) is 18.1 Å². The van der Waals surface area contributed by atoms with Crippen LogP contribution in [0.2, 0.25) is 0 Å². The first kappa shape index (κ1) is 41.8. The van der Waals surface area contributed by atoms with Crippen molar-refractivity contribution < 1.29 is 55.5 Å². The number of aliphatic hydroxyl groups is 9. The van der Waals surface area contributed by atoms with Gasteiger partial charge < -0.3 is 50.7 Å². The van der Waals surface area contributed by atoms with E-state index in [1.165, 1.54) is 13.0 Å². The zero-order chi connectivity index (χ0) is 34.6. The van der Waals surface area contributed by atoms with Crippen LogP contribution >= 0.6 is 0 Å². The van der Waals surface area contributed by atoms with Gasteiger partial charge in [-0.05, 0) is 51.5 Å². The third-order valence-electron chi connectivity index (χ3n) is 8.03. The van der Waals surface area contributed by atoms with Gasteiger partial charge in [0.05, 0.1) is 48.8 Å². The molecule has 0 aliphatic carbocycles. The standard InChI is InChI=1S/C35H58O11/c1-4-5-11-16-31(42)34-33(44)22-29(40)20-27(38)18-25(36)17-26(37)19-28(39)21-32(43)23(2)14-12-9-7-6-8-10-13-15-30(41)24(3)46-35(34)45/h6-10,12-15,24-34,36-44H,4-5,11,16-22H2,1-3H3/b7-6+,10-8+,12-9+,15-13+,23-14+/t24-,25+,26+,27-,28-,29+,30-,31+,32-,33+,34+/m1/s1. The quantitative estimate of drug-likeness (QED) is 0.154. The highest BCUT2D eigenvalue weighted by Crippen LogP contribution is 2.24. The van der Waals surface area contributed by atoms with Gasteiger partial charge in [-0.3, -0.25) is 4.79 Å². The van der Waals surface area contributed by atoms with Gasteiger partial charge in [-0.15, -0.1) is 0 Å². The molecular formula is C35H58O11. The topological polar surface area (TPSA) is 208 Å². The summed E-state index contributed by atoms with van der Waals surface area (Å²) >= 11 is 0. The SMILES string of the molecule is CCCCC[C@H](O)[C@@H]1C(=O)O[C@H](C)[C@H](O)/C=C/C=C/C=C/C=C/C=C(\C)[C@H](O)C[C@H](O)C[C@@H](O)C[C@H](O)C[C@@H](O)C[C@H](O)C[C@@H]1O. The Kier molecular flexibility index (Phi) is 21.1. The van der Waals surface area contributed by atoms with Crippen LogP contribution in [-0.4, -0.2) is 113 Å². The van der Waals surface area contributed by atoms with Crippen LogP contribution in [0.4, 0.5) is 0 Å². The predicted octanol–water partition coefficient (Wildman–Crippen LogP) is 1.89. The molecule has 0 aromatic rings. The van der Waals surface area contributed by atoms with Crippen LogP contribution in [-0.2, 0) is 9.53 Å². The molecule has 9 N–H and O–H groups in total. The second-order valence-corrected chi connectivity index (χ2v) is 12.4. The lowest BCUT2D eigenvalue weighted by Gasteiger charge is -2.29. The number of aliphatic hydroxyl groups excluding tert-OH is 9. The summed E-state index contributed by atoms with van der Waals surface area (Å²) < 4.78 is 5.42. The van der Waals surface area contributed by atoms with E-state index in [4.69, 9.17) is 4.74 Å². The van der Waals surface area contributed by atoms with E-state index in [9.17, 15) is 50.8 Å². The number of cyclic esters (lactones) is 1. The fraction of sp³-hybridized carbons (Fsp3) is 0.686. The summed E-state index contributed by atoms with van der Waals surface area (Å²) in [5.41, 5.74) is 0.609. The maximum Gasteiger partial charge on any atom is 0.314 e. The first-order valence-electron chi connectivity index (χ1n) is 16.4. The van der Waals surface area contributed by atoms with Crippen molar-refractivity contribution in [3.8, 4) is 0 Å². The van der Waals surface area contributed by atoms with Crippen molar-refractivity contribution in [2.45, 2.75) is 146 Å². The summed E-state index contributed by atoms with van der Waals surface area (Å²) in [6.07, 6.45) is 4.69. The zero-order valence-electron chi connectivity index (χ0n) is 27.5. The Morgan fingerprint density at radius 1 is 0.717 bits per heavy atom. The number of unbranched alkanes of at least 4 members (excludes halogenated alkanes) is 2. The molecule has 1 heterocycles. The summed E-state index contributed by atoms with van der Waals surface area (Å²) in [6, 6.07) is 0. The lowest BCUT2D eigenvalue weighted by molar-refractivity contribution is -0.168. The Bertz CT molecular complexity index is 991. The summed E-state index contributed by atoms with van der Waals surface area (Å²) in [7, 11) is 0. The molecule has 11 nitrogen and oxygen atoms in total. The molecule has 0 fully saturated rings. The number of ether oxygens (including phenoxy) is 1. The van der Waals surface area contributed by atoms with Crippen molar-refractivity contribution in [2.75, 3.05) is 0 Å². The molecular weight excluding hydrogens is 596 g/mol. The van der Waals surface area contributed by atoms with E-state index in [-0.39, 0.29) is 44.9 Å². The van der Waals surface area contributed by atoms with Crippen molar-refractivity contribution >= 4 is 5.97 Å². The first-order chi connectivity index (χ1) is 21.7. The number of allylic oxidation sites excluding steroid dienone is 8. The Hall–Kier alpha value is -2.19. The Balaban J connectivity index is 3.14. The summed E-state index contributed by atoms with van der Waals surface area (Å²) in [4.78, 5) is 13.1. The van der Waals surface area contributed by atoms with Crippen molar-refractivity contribution in [1.82, 2.24) is 0 Å². The van der Waals surface area contributed by atoms with E-state index < -0.39 is 72.9 Å². The molecule has 0 bridgehead atoms. The number of hydrogen-bond acceptors (Lipinski definition) is 11. The number of rotatable bonds is 5. The lowest BCUT2D eigenvalue weighted by atomic mass is 9.87. The first-order valence-corrected chi connectivity index (χ1v) is 16.4. The summed E-state index contributed by atoms with van der Waals surface area (Å²) in [6.45, 7) is 5.18. The van der Waals surface area contributed by atoms with Crippen LogP contribution in [0.5, 0.6) is 0 Å². The highest BCUT2D eigenvalue weighted by atomic mass is 16.6. The Labute approximate surface area is 273 Å². The maximum atomic E-state index is 13.1. The van der Waals surface area contributed by atoms with E-state index in [1.54, 1.807) is 55.5 Å². The second-order valence-electron chi connectivity index (χ2n) is 12.4. The largest absolute Gasteiger partial charge is 0.459 e. The molecule has 1 aliphatic heterocycles. The Morgan fingerprint density at radius 2 is 1.20 bits per heavy atom. The van der Waals surface area contributed by atoms with Gasteiger partial charge in [0.15, 0.2) is 0 Å². The van der Waals surface area contributed by atoms with E-state index >= 15 is 0 Å². The minimum Gasteiger partial charge on any atom is -0.459 e. The second kappa shape index (κ2) is 23.2. The fourth-order valence-corrected chi connectivity index (χ4v) is 5.27. The maximum absolute atomic E-state index is 13.1. The van der Waals surface area contributed by atoms with Crippen molar-refractivity contribution in [3.63, 3.8) is 0 Å². The van der Waals surface area contributed by atoms with Crippen LogP contribution in [0, 0.1) is 5.92 Å². The van der Waals surface area contributed by atoms with Crippen molar-refractivity contribution in [2.24, 2.45) is 5.92 Å². The summed E-state index contributed by atoms with van der Waals surface area (Å²) in [5, 5.41) is 94.8. The van der Waals surface area contributed by atoms with E-state index in [1.807, 2.05) is 6.92 Å². The molecule has 46 heavy (non-hydrogen) atoms. The molecule has 0 saturated heterocycles. The molecule has 11 atom stereocenters. The third-order valence-corrected chi connectivity index (χ3v) is 8.03. The van der Waals surface area contributed by atoms with E-state index in [0.717, 1.165) is 12.8 Å². The zero-order valence-corrected chi connectivity index (χ0v) is 27.5. The van der Waals surface area contributed by atoms with Crippen LogP contribution < -0.4 is 0 Å². The van der Waals surface area contributed by atoms with Gasteiger partial charge >= 0.3 is 5.97 Å². The normalized spacial score (nSPS) is 38.6. The van der Waals surface area contributed by atoms with Crippen molar-refractivity contribution in [1.29, 1.82) is 0 Å². The van der Waals surface area contributed by atoms with Crippen LogP contribution in [0.3, 0.4) is 0 Å². The highest BCUT2D eigenvalue weighted by Gasteiger charge is 2.37. The van der Waals surface area contributed by atoms with E-state index in [0.29, 0.717) is 12.0 Å². The average Bonchev–Trinajstić information content (AvgIpc) is 2.94. The van der Waals surface area contributed by atoms with Gasteiger partial charge in [-0.25, -0.2) is 0 Å². The van der Waals surface area contributed by atoms with Gasteiger partial charge in [-0.1, -0.05) is 80.9 Å². The molecule has 0 aromatic carbocycles. The molecule has 0 spiro atoms.